The van der Waals surface area contributed by atoms with Gasteiger partial charge in [-0.1, -0.05) is 18.2 Å². The number of carbonyl (C=O) groups is 2. The summed E-state index contributed by atoms with van der Waals surface area (Å²) < 4.78 is 43.3. The van der Waals surface area contributed by atoms with Crippen molar-refractivity contribution < 1.29 is 27.1 Å². The van der Waals surface area contributed by atoms with E-state index in [0.29, 0.717) is 11.4 Å². The molecule has 7 nitrogen and oxygen atoms in total. The highest BCUT2D eigenvalue weighted by Gasteiger charge is 2.29. The molecule has 2 aromatic rings. The van der Waals surface area contributed by atoms with Gasteiger partial charge in [0.15, 0.2) is 15.6 Å². The maximum absolute atomic E-state index is 14.6. The number of rotatable bonds is 5. The van der Waals surface area contributed by atoms with E-state index in [2.05, 4.69) is 0 Å². The van der Waals surface area contributed by atoms with E-state index in [4.69, 9.17) is 4.74 Å². The van der Waals surface area contributed by atoms with Gasteiger partial charge in [-0.2, -0.15) is 0 Å². The third-order valence-corrected chi connectivity index (χ3v) is 6.61. The maximum atomic E-state index is 14.6. The van der Waals surface area contributed by atoms with Crippen LogP contribution in [0.5, 0.6) is 5.75 Å². The fourth-order valence-corrected chi connectivity index (χ4v) is 4.39. The lowest BCUT2D eigenvalue weighted by molar-refractivity contribution is 0.101. The standard InChI is InChI=1S/C21H23FN2O5S/c1-15(25)16-6-7-17(20(22)12-16)14-24(18-4-3-5-19(13-18)29-2)21(26)23-8-10-30(27,28)11-9-23/h3-7,12-13H,8-11,14H2,1-2H3. The number of nitrogens with zero attached hydrogens (tertiary/aromatic N) is 2. The lowest BCUT2D eigenvalue weighted by Crippen LogP contribution is -2.49. The Morgan fingerprint density at radius 1 is 1.13 bits per heavy atom. The second kappa shape index (κ2) is 8.83. The molecule has 1 aliphatic rings. The highest BCUT2D eigenvalue weighted by molar-refractivity contribution is 7.91. The molecule has 0 unspecified atom stereocenters. The zero-order valence-electron chi connectivity index (χ0n) is 16.8. The van der Waals surface area contributed by atoms with Crippen molar-refractivity contribution in [2.24, 2.45) is 0 Å². The molecule has 1 heterocycles. The lowest BCUT2D eigenvalue weighted by Gasteiger charge is -2.33. The summed E-state index contributed by atoms with van der Waals surface area (Å²) in [4.78, 5) is 27.6. The van der Waals surface area contributed by atoms with Gasteiger partial charge >= 0.3 is 6.03 Å². The fraction of sp³-hybridized carbons (Fsp3) is 0.333. The number of anilines is 1. The molecule has 1 fully saturated rings. The smallest absolute Gasteiger partial charge is 0.324 e. The first kappa shape index (κ1) is 21.8. The minimum absolute atomic E-state index is 0.0768. The summed E-state index contributed by atoms with van der Waals surface area (Å²) in [5, 5.41) is 0. The van der Waals surface area contributed by atoms with Crippen LogP contribution in [0.25, 0.3) is 0 Å². The molecule has 1 saturated heterocycles. The largest absolute Gasteiger partial charge is 0.497 e. The first-order valence-corrected chi connectivity index (χ1v) is 11.2. The summed E-state index contributed by atoms with van der Waals surface area (Å²) in [6.45, 7) is 1.42. The van der Waals surface area contributed by atoms with Gasteiger partial charge in [-0.05, 0) is 25.1 Å². The number of urea groups is 1. The Kier molecular flexibility index (Phi) is 6.40. The number of hydrogen-bond donors (Lipinski definition) is 0. The normalized spacial score (nSPS) is 15.5. The molecular weight excluding hydrogens is 411 g/mol. The van der Waals surface area contributed by atoms with Crippen LogP contribution in [-0.4, -0.2) is 56.8 Å². The van der Waals surface area contributed by atoms with Gasteiger partial charge in [0.05, 0.1) is 25.2 Å². The van der Waals surface area contributed by atoms with Gasteiger partial charge in [-0.3, -0.25) is 9.69 Å². The number of methoxy groups -OCH3 is 1. The topological polar surface area (TPSA) is 84.0 Å². The molecule has 0 aromatic heterocycles. The molecule has 1 aliphatic heterocycles. The van der Waals surface area contributed by atoms with Crippen molar-refractivity contribution in [1.82, 2.24) is 4.90 Å². The first-order valence-electron chi connectivity index (χ1n) is 9.40. The number of benzene rings is 2. The molecule has 9 heteroatoms. The average molecular weight is 434 g/mol. The average Bonchev–Trinajstić information content (AvgIpc) is 2.72. The predicted molar refractivity (Wildman–Crippen MR) is 111 cm³/mol. The summed E-state index contributed by atoms with van der Waals surface area (Å²) in [7, 11) is -1.65. The fourth-order valence-electron chi connectivity index (χ4n) is 3.19. The van der Waals surface area contributed by atoms with Gasteiger partial charge in [-0.15, -0.1) is 0 Å². The molecule has 3 rings (SSSR count). The van der Waals surface area contributed by atoms with E-state index >= 15 is 0 Å². The number of halogens is 1. The Morgan fingerprint density at radius 2 is 1.83 bits per heavy atom. The Hall–Kier alpha value is -2.94. The van der Waals surface area contributed by atoms with Crippen LogP contribution in [0, 0.1) is 5.82 Å². The summed E-state index contributed by atoms with van der Waals surface area (Å²) >= 11 is 0. The first-order chi connectivity index (χ1) is 14.2. The number of ether oxygens (including phenoxy) is 1. The molecule has 0 spiro atoms. The van der Waals surface area contributed by atoms with E-state index in [-0.39, 0.29) is 48.1 Å². The van der Waals surface area contributed by atoms with Crippen molar-refractivity contribution in [3.05, 3.63) is 59.4 Å². The van der Waals surface area contributed by atoms with Crippen molar-refractivity contribution in [3.8, 4) is 5.75 Å². The van der Waals surface area contributed by atoms with Gasteiger partial charge in [0.1, 0.15) is 11.6 Å². The SMILES string of the molecule is COc1cccc(N(Cc2ccc(C(C)=O)cc2F)C(=O)N2CCS(=O)(=O)CC2)c1. The third kappa shape index (κ3) is 4.96. The highest BCUT2D eigenvalue weighted by Crippen LogP contribution is 2.25. The zero-order valence-corrected chi connectivity index (χ0v) is 17.6. The van der Waals surface area contributed by atoms with Crippen LogP contribution in [0.2, 0.25) is 0 Å². The molecule has 0 bridgehead atoms. The van der Waals surface area contributed by atoms with Crippen LogP contribution in [0.1, 0.15) is 22.8 Å². The number of hydrogen-bond acceptors (Lipinski definition) is 5. The maximum Gasteiger partial charge on any atom is 0.324 e. The highest BCUT2D eigenvalue weighted by atomic mass is 32.2. The van der Waals surface area contributed by atoms with Crippen molar-refractivity contribution in [2.45, 2.75) is 13.5 Å². The van der Waals surface area contributed by atoms with Crippen molar-refractivity contribution in [3.63, 3.8) is 0 Å². The Bertz CT molecular complexity index is 1060. The van der Waals surface area contributed by atoms with E-state index in [9.17, 15) is 22.4 Å². The van der Waals surface area contributed by atoms with Crippen LogP contribution in [0.15, 0.2) is 42.5 Å². The molecule has 0 radical (unpaired) electrons. The quantitative estimate of drug-likeness (QED) is 0.676. The van der Waals surface area contributed by atoms with Crippen molar-refractivity contribution in [2.75, 3.05) is 36.6 Å². The molecule has 2 aromatic carbocycles. The lowest BCUT2D eigenvalue weighted by atomic mass is 10.1. The van der Waals surface area contributed by atoms with Gasteiger partial charge in [0.25, 0.3) is 0 Å². The van der Waals surface area contributed by atoms with Gasteiger partial charge in [0.2, 0.25) is 0 Å². The van der Waals surface area contributed by atoms with E-state index in [0.717, 1.165) is 6.07 Å². The second-order valence-corrected chi connectivity index (χ2v) is 9.38. The Balaban J connectivity index is 1.93. The molecule has 2 amide bonds. The van der Waals surface area contributed by atoms with Crippen LogP contribution in [0.4, 0.5) is 14.9 Å². The molecule has 0 atom stereocenters. The van der Waals surface area contributed by atoms with E-state index in [1.54, 1.807) is 24.3 Å². The van der Waals surface area contributed by atoms with Crippen molar-refractivity contribution in [1.29, 1.82) is 0 Å². The molecule has 0 N–H and O–H groups in total. The third-order valence-electron chi connectivity index (χ3n) is 5.00. The number of Topliss-reactive ketones (excluding diaryl/α,β-unsaturated/α-hetero) is 1. The zero-order chi connectivity index (χ0) is 21.9. The van der Waals surface area contributed by atoms with Crippen LogP contribution in [-0.2, 0) is 16.4 Å². The predicted octanol–water partition coefficient (Wildman–Crippen LogP) is 2.89. The molecule has 0 saturated carbocycles. The molecule has 0 aliphatic carbocycles. The van der Waals surface area contributed by atoms with Crippen LogP contribution >= 0.6 is 0 Å². The Morgan fingerprint density at radius 3 is 2.43 bits per heavy atom. The Labute approximate surface area is 175 Å². The minimum Gasteiger partial charge on any atom is -0.497 e. The number of ketones is 1. The number of carbonyl (C=O) groups excluding carboxylic acids is 2. The van der Waals surface area contributed by atoms with Gasteiger partial charge in [0, 0.05) is 36.0 Å². The second-order valence-electron chi connectivity index (χ2n) is 7.07. The van der Waals surface area contributed by atoms with Crippen molar-refractivity contribution >= 4 is 27.3 Å². The number of sulfone groups is 1. The summed E-state index contributed by atoms with van der Waals surface area (Å²) in [5.74, 6) is -0.530. The van der Waals surface area contributed by atoms with Gasteiger partial charge in [-0.25, -0.2) is 17.6 Å². The van der Waals surface area contributed by atoms with Crippen LogP contribution < -0.4 is 9.64 Å². The summed E-state index contributed by atoms with van der Waals surface area (Å²) in [6.07, 6.45) is 0. The molecular formula is C21H23FN2O5S. The number of amides is 2. The van der Waals surface area contributed by atoms with Crippen LogP contribution in [0.3, 0.4) is 0 Å². The molecule has 30 heavy (non-hydrogen) atoms. The minimum atomic E-state index is -3.15. The summed E-state index contributed by atoms with van der Waals surface area (Å²) in [5.41, 5.74) is 0.973. The summed E-state index contributed by atoms with van der Waals surface area (Å²) in [6, 6.07) is 10.5. The molecule has 160 valence electrons. The monoisotopic (exact) mass is 434 g/mol. The van der Waals surface area contributed by atoms with E-state index in [1.807, 2.05) is 0 Å². The van der Waals surface area contributed by atoms with E-state index < -0.39 is 21.7 Å². The van der Waals surface area contributed by atoms with E-state index in [1.165, 1.54) is 36.0 Å². The van der Waals surface area contributed by atoms with Gasteiger partial charge < -0.3 is 9.64 Å².